The maximum absolute atomic E-state index is 13.3. The van der Waals surface area contributed by atoms with Crippen molar-refractivity contribution in [3.63, 3.8) is 0 Å². The van der Waals surface area contributed by atoms with Crippen LogP contribution in [-0.2, 0) is 0 Å². The van der Waals surface area contributed by atoms with Crippen LogP contribution in [-0.4, -0.2) is 29.3 Å². The third-order valence-corrected chi connectivity index (χ3v) is 2.93. The maximum atomic E-state index is 13.3. The fraction of sp³-hybridized carbons (Fsp3) is 0.364. The molecule has 1 amide bonds. The summed E-state index contributed by atoms with van der Waals surface area (Å²) in [7, 11) is 0. The first kappa shape index (κ1) is 11.3. The molecule has 0 aromatic heterocycles. The van der Waals surface area contributed by atoms with Crippen LogP contribution in [0.15, 0.2) is 18.2 Å². The molecule has 0 spiro atoms. The van der Waals surface area contributed by atoms with Gasteiger partial charge in [0.15, 0.2) is 0 Å². The number of hydrogen-bond donors (Lipinski definition) is 0. The average Bonchev–Trinajstić information content (AvgIpc) is 2.67. The van der Waals surface area contributed by atoms with E-state index in [9.17, 15) is 13.6 Å². The summed E-state index contributed by atoms with van der Waals surface area (Å²) < 4.78 is 26.2. The summed E-state index contributed by atoms with van der Waals surface area (Å²) in [5, 5.41) is -0.0967. The van der Waals surface area contributed by atoms with Crippen molar-refractivity contribution in [2.75, 3.05) is 13.1 Å². The predicted octanol–water partition coefficient (Wildman–Crippen LogP) is 2.42. The molecule has 16 heavy (non-hydrogen) atoms. The van der Waals surface area contributed by atoms with Gasteiger partial charge in [0.1, 0.15) is 11.6 Å². The van der Waals surface area contributed by atoms with Crippen LogP contribution >= 0.6 is 11.6 Å². The van der Waals surface area contributed by atoms with E-state index in [1.165, 1.54) is 4.90 Å². The summed E-state index contributed by atoms with van der Waals surface area (Å²) in [6.45, 7) is 0.874. The van der Waals surface area contributed by atoms with Gasteiger partial charge in [0, 0.05) is 13.1 Å². The van der Waals surface area contributed by atoms with E-state index in [0.717, 1.165) is 18.2 Å². The van der Waals surface area contributed by atoms with Crippen molar-refractivity contribution in [1.82, 2.24) is 4.90 Å². The number of hydrogen-bond acceptors (Lipinski definition) is 1. The molecule has 0 N–H and O–H groups in total. The highest BCUT2D eigenvalue weighted by Gasteiger charge is 2.27. The first-order valence-electron chi connectivity index (χ1n) is 4.96. The second kappa shape index (κ2) is 4.37. The second-order valence-corrected chi connectivity index (χ2v) is 4.38. The molecule has 5 heteroatoms. The zero-order valence-corrected chi connectivity index (χ0v) is 9.18. The van der Waals surface area contributed by atoms with Gasteiger partial charge in [0.05, 0.1) is 10.9 Å². The standard InChI is InChI=1S/C11H10ClF2NO/c12-7-3-4-15(6-7)11(16)9-5-8(13)1-2-10(9)14/h1-2,5,7H,3-4,6H2. The number of nitrogens with zero attached hydrogens (tertiary/aromatic N) is 1. The molecular weight excluding hydrogens is 236 g/mol. The van der Waals surface area contributed by atoms with Gasteiger partial charge in [0.25, 0.3) is 5.91 Å². The minimum absolute atomic E-state index is 0.0967. The summed E-state index contributed by atoms with van der Waals surface area (Å²) in [4.78, 5) is 13.3. The number of amides is 1. The van der Waals surface area contributed by atoms with Crippen LogP contribution in [0.3, 0.4) is 0 Å². The Bertz CT molecular complexity index is 424. The lowest BCUT2D eigenvalue weighted by Crippen LogP contribution is -2.29. The molecule has 0 bridgehead atoms. The van der Waals surface area contributed by atoms with Gasteiger partial charge >= 0.3 is 0 Å². The summed E-state index contributed by atoms with van der Waals surface area (Å²) in [6.07, 6.45) is 0.685. The molecule has 0 aliphatic carbocycles. The van der Waals surface area contributed by atoms with Gasteiger partial charge < -0.3 is 4.90 Å². The van der Waals surface area contributed by atoms with Crippen LogP contribution in [0.1, 0.15) is 16.8 Å². The molecule has 1 aliphatic heterocycles. The summed E-state index contributed by atoms with van der Waals surface area (Å²) in [5.41, 5.74) is -0.231. The number of halogens is 3. The lowest BCUT2D eigenvalue weighted by atomic mass is 10.2. The highest BCUT2D eigenvalue weighted by Crippen LogP contribution is 2.19. The Balaban J connectivity index is 2.23. The molecule has 1 atom stereocenters. The molecule has 0 saturated carbocycles. The van der Waals surface area contributed by atoms with E-state index >= 15 is 0 Å². The van der Waals surface area contributed by atoms with Gasteiger partial charge in [-0.3, -0.25) is 4.79 Å². The van der Waals surface area contributed by atoms with Crippen molar-refractivity contribution in [3.8, 4) is 0 Å². The number of carbonyl (C=O) groups excluding carboxylic acids is 1. The van der Waals surface area contributed by atoms with E-state index in [4.69, 9.17) is 11.6 Å². The van der Waals surface area contributed by atoms with Gasteiger partial charge in [-0.1, -0.05) is 0 Å². The maximum Gasteiger partial charge on any atom is 0.256 e. The Morgan fingerprint density at radius 2 is 2.19 bits per heavy atom. The molecule has 1 fully saturated rings. The normalized spacial score (nSPS) is 20.2. The minimum Gasteiger partial charge on any atom is -0.337 e. The van der Waals surface area contributed by atoms with Crippen LogP contribution in [0.2, 0.25) is 0 Å². The molecule has 1 aromatic carbocycles. The Hall–Kier alpha value is -1.16. The average molecular weight is 246 g/mol. The fourth-order valence-electron chi connectivity index (χ4n) is 1.73. The van der Waals surface area contributed by atoms with E-state index in [1.54, 1.807) is 0 Å². The number of rotatable bonds is 1. The number of carbonyl (C=O) groups is 1. The van der Waals surface area contributed by atoms with Crippen molar-refractivity contribution < 1.29 is 13.6 Å². The smallest absolute Gasteiger partial charge is 0.256 e. The van der Waals surface area contributed by atoms with Gasteiger partial charge in [-0.2, -0.15) is 0 Å². The van der Waals surface area contributed by atoms with Crippen LogP contribution in [0.25, 0.3) is 0 Å². The molecule has 2 rings (SSSR count). The molecule has 2 nitrogen and oxygen atoms in total. The predicted molar refractivity (Wildman–Crippen MR) is 56.5 cm³/mol. The monoisotopic (exact) mass is 245 g/mol. The van der Waals surface area contributed by atoms with Crippen molar-refractivity contribution in [3.05, 3.63) is 35.4 Å². The lowest BCUT2D eigenvalue weighted by Gasteiger charge is -2.15. The first-order chi connectivity index (χ1) is 7.58. The van der Waals surface area contributed by atoms with Crippen molar-refractivity contribution in [1.29, 1.82) is 0 Å². The van der Waals surface area contributed by atoms with Crippen LogP contribution in [0.4, 0.5) is 8.78 Å². The molecule has 1 aliphatic rings. The summed E-state index contributed by atoms with van der Waals surface area (Å²) >= 11 is 5.85. The Kier molecular flexibility index (Phi) is 3.10. The van der Waals surface area contributed by atoms with Crippen molar-refractivity contribution >= 4 is 17.5 Å². The van der Waals surface area contributed by atoms with Crippen LogP contribution < -0.4 is 0 Å². The summed E-state index contributed by atoms with van der Waals surface area (Å²) in [5.74, 6) is -1.82. The first-order valence-corrected chi connectivity index (χ1v) is 5.40. The Labute approximate surface area is 96.8 Å². The molecule has 1 saturated heterocycles. The highest BCUT2D eigenvalue weighted by atomic mass is 35.5. The summed E-state index contributed by atoms with van der Waals surface area (Å²) in [6, 6.07) is 2.86. The third kappa shape index (κ3) is 2.16. The van der Waals surface area contributed by atoms with E-state index in [2.05, 4.69) is 0 Å². The van der Waals surface area contributed by atoms with Gasteiger partial charge in [0.2, 0.25) is 0 Å². The van der Waals surface area contributed by atoms with Gasteiger partial charge in [-0.25, -0.2) is 8.78 Å². The second-order valence-electron chi connectivity index (χ2n) is 3.76. The van der Waals surface area contributed by atoms with E-state index in [-0.39, 0.29) is 10.9 Å². The zero-order chi connectivity index (χ0) is 11.7. The molecular formula is C11H10ClF2NO. The molecule has 1 unspecified atom stereocenters. The molecule has 0 radical (unpaired) electrons. The Morgan fingerprint density at radius 3 is 2.81 bits per heavy atom. The number of alkyl halides is 1. The van der Waals surface area contributed by atoms with E-state index in [1.807, 2.05) is 0 Å². The quantitative estimate of drug-likeness (QED) is 0.696. The molecule has 1 aromatic rings. The Morgan fingerprint density at radius 1 is 1.44 bits per heavy atom. The van der Waals surface area contributed by atoms with Crippen LogP contribution in [0.5, 0.6) is 0 Å². The largest absolute Gasteiger partial charge is 0.337 e. The molecule has 86 valence electrons. The van der Waals surface area contributed by atoms with E-state index in [0.29, 0.717) is 19.5 Å². The zero-order valence-electron chi connectivity index (χ0n) is 8.42. The topological polar surface area (TPSA) is 20.3 Å². The van der Waals surface area contributed by atoms with Gasteiger partial charge in [-0.05, 0) is 24.6 Å². The highest BCUT2D eigenvalue weighted by molar-refractivity contribution is 6.21. The fourth-order valence-corrected chi connectivity index (χ4v) is 2.00. The van der Waals surface area contributed by atoms with Crippen LogP contribution in [0, 0.1) is 11.6 Å². The lowest BCUT2D eigenvalue weighted by molar-refractivity contribution is 0.0788. The number of benzene rings is 1. The van der Waals surface area contributed by atoms with Crippen molar-refractivity contribution in [2.45, 2.75) is 11.8 Å². The third-order valence-electron chi connectivity index (χ3n) is 2.58. The van der Waals surface area contributed by atoms with Crippen molar-refractivity contribution in [2.24, 2.45) is 0 Å². The van der Waals surface area contributed by atoms with Gasteiger partial charge in [-0.15, -0.1) is 11.6 Å². The number of likely N-dealkylation sites (tertiary alicyclic amines) is 1. The SMILES string of the molecule is O=C(c1cc(F)ccc1F)N1CCC(Cl)C1. The molecule has 1 heterocycles. The minimum atomic E-state index is -0.704. The van der Waals surface area contributed by atoms with E-state index < -0.39 is 17.5 Å².